The van der Waals surface area contributed by atoms with E-state index >= 15 is 0 Å². The summed E-state index contributed by atoms with van der Waals surface area (Å²) in [4.78, 5) is 44.7. The number of hydrogen-bond donors (Lipinski definition) is 1. The zero-order chi connectivity index (χ0) is 19.7. The van der Waals surface area contributed by atoms with Crippen LogP contribution in [0.25, 0.3) is 5.69 Å². The number of nitrogens with zero attached hydrogens (tertiary/aromatic N) is 5. The number of aryl methyl sites for hydroxylation is 1. The minimum Gasteiger partial charge on any atom is -0.337 e. The van der Waals surface area contributed by atoms with E-state index < -0.39 is 0 Å². The van der Waals surface area contributed by atoms with Gasteiger partial charge in [0.2, 0.25) is 0 Å². The van der Waals surface area contributed by atoms with Crippen LogP contribution in [0, 0.1) is 0 Å². The van der Waals surface area contributed by atoms with E-state index in [0.29, 0.717) is 18.9 Å². The molecule has 2 aromatic heterocycles. The third-order valence-electron chi connectivity index (χ3n) is 4.93. The van der Waals surface area contributed by atoms with E-state index in [-0.39, 0.29) is 28.8 Å². The molecule has 1 fully saturated rings. The molecule has 0 radical (unpaired) electrons. The Hall–Kier alpha value is -3.49. The Morgan fingerprint density at radius 3 is 2.71 bits per heavy atom. The average Bonchev–Trinajstić information content (AvgIpc) is 3.03. The Balaban J connectivity index is 1.65. The predicted octanol–water partition coefficient (Wildman–Crippen LogP) is 0.674. The van der Waals surface area contributed by atoms with E-state index in [1.807, 2.05) is 30.3 Å². The highest BCUT2D eigenvalue weighted by Gasteiger charge is 2.30. The molecule has 9 nitrogen and oxygen atoms in total. The van der Waals surface area contributed by atoms with Crippen molar-refractivity contribution in [2.24, 2.45) is 7.05 Å². The number of aromatic nitrogens is 5. The first-order valence-electron chi connectivity index (χ1n) is 9.10. The van der Waals surface area contributed by atoms with E-state index in [2.05, 4.69) is 15.1 Å². The van der Waals surface area contributed by atoms with Crippen LogP contribution in [0.3, 0.4) is 0 Å². The number of piperidine rings is 1. The zero-order valence-electron chi connectivity index (χ0n) is 15.4. The molecule has 1 N–H and O–H groups in total. The summed E-state index contributed by atoms with van der Waals surface area (Å²) in [7, 11) is 1.63. The highest BCUT2D eigenvalue weighted by molar-refractivity contribution is 5.92. The lowest BCUT2D eigenvalue weighted by Crippen LogP contribution is -2.40. The molecule has 1 aromatic carbocycles. The van der Waals surface area contributed by atoms with E-state index in [9.17, 15) is 14.4 Å². The lowest BCUT2D eigenvalue weighted by molar-refractivity contribution is 0.0697. The maximum Gasteiger partial charge on any atom is 0.350 e. The van der Waals surface area contributed by atoms with Crippen molar-refractivity contribution < 1.29 is 4.79 Å². The number of likely N-dealkylation sites (tertiary alicyclic amines) is 1. The number of benzene rings is 1. The van der Waals surface area contributed by atoms with Gasteiger partial charge in [0.25, 0.3) is 11.5 Å². The van der Waals surface area contributed by atoms with Crippen LogP contribution in [0.1, 0.15) is 35.1 Å². The molecule has 0 bridgehead atoms. The lowest BCUT2D eigenvalue weighted by Gasteiger charge is -2.32. The third kappa shape index (κ3) is 3.26. The smallest absolute Gasteiger partial charge is 0.337 e. The van der Waals surface area contributed by atoms with Crippen LogP contribution in [-0.2, 0) is 7.05 Å². The summed E-state index contributed by atoms with van der Waals surface area (Å²) >= 11 is 0. The van der Waals surface area contributed by atoms with Crippen LogP contribution in [-0.4, -0.2) is 48.2 Å². The van der Waals surface area contributed by atoms with Crippen molar-refractivity contribution in [3.05, 3.63) is 75.1 Å². The summed E-state index contributed by atoms with van der Waals surface area (Å²) in [5, 5.41) is 4.45. The van der Waals surface area contributed by atoms with Crippen molar-refractivity contribution in [3.63, 3.8) is 0 Å². The van der Waals surface area contributed by atoms with Gasteiger partial charge >= 0.3 is 5.69 Å². The second-order valence-corrected chi connectivity index (χ2v) is 6.82. The van der Waals surface area contributed by atoms with Crippen molar-refractivity contribution in [2.45, 2.75) is 18.8 Å². The second kappa shape index (κ2) is 7.26. The summed E-state index contributed by atoms with van der Waals surface area (Å²) < 4.78 is 2.93. The van der Waals surface area contributed by atoms with Crippen molar-refractivity contribution in [1.82, 2.24) is 29.2 Å². The Labute approximate surface area is 160 Å². The first kappa shape index (κ1) is 17.9. The first-order chi connectivity index (χ1) is 13.5. The van der Waals surface area contributed by atoms with Gasteiger partial charge in [0, 0.05) is 32.3 Å². The van der Waals surface area contributed by atoms with Gasteiger partial charge < -0.3 is 9.88 Å². The Morgan fingerprint density at radius 1 is 1.21 bits per heavy atom. The molecule has 1 aliphatic heterocycles. The molecular weight excluding hydrogens is 360 g/mol. The summed E-state index contributed by atoms with van der Waals surface area (Å²) in [5.41, 5.74) is 0.378. The highest BCUT2D eigenvalue weighted by atomic mass is 16.2. The van der Waals surface area contributed by atoms with Crippen LogP contribution >= 0.6 is 0 Å². The summed E-state index contributed by atoms with van der Waals surface area (Å²) in [6.07, 6.45) is 4.04. The van der Waals surface area contributed by atoms with E-state index in [4.69, 9.17) is 0 Å². The predicted molar refractivity (Wildman–Crippen MR) is 102 cm³/mol. The summed E-state index contributed by atoms with van der Waals surface area (Å²) in [6.45, 7) is 1.03. The number of carbonyl (C=O) groups excluding carboxylic acids is 1. The molecule has 1 aliphatic rings. The van der Waals surface area contributed by atoms with Crippen LogP contribution in [0.5, 0.6) is 0 Å². The van der Waals surface area contributed by atoms with Crippen LogP contribution < -0.4 is 11.2 Å². The molecule has 3 heterocycles. The number of H-pyrrole nitrogens is 1. The third-order valence-corrected chi connectivity index (χ3v) is 4.93. The number of amides is 1. The molecule has 3 aromatic rings. The Bertz CT molecular complexity index is 1090. The SMILES string of the molecule is Cn1nc([C@H]2CCCN(C(=O)c3c[nH]c(=O)cn3)C2)n(-c2ccccc2)c1=O. The Kier molecular flexibility index (Phi) is 4.64. The number of aromatic amines is 1. The molecule has 0 saturated carbocycles. The van der Waals surface area contributed by atoms with Gasteiger partial charge in [0.05, 0.1) is 11.9 Å². The maximum absolute atomic E-state index is 12.8. The van der Waals surface area contributed by atoms with Gasteiger partial charge in [0.1, 0.15) is 11.5 Å². The second-order valence-electron chi connectivity index (χ2n) is 6.82. The molecular formula is C19H20N6O3. The molecule has 4 rings (SSSR count). The van der Waals surface area contributed by atoms with Crippen molar-refractivity contribution in [2.75, 3.05) is 13.1 Å². The fourth-order valence-corrected chi connectivity index (χ4v) is 3.56. The quantitative estimate of drug-likeness (QED) is 0.719. The van der Waals surface area contributed by atoms with Crippen molar-refractivity contribution >= 4 is 5.91 Å². The minimum atomic E-state index is -0.353. The normalized spacial score (nSPS) is 16.9. The maximum atomic E-state index is 12.8. The standard InChI is InChI=1S/C19H20N6O3/c1-23-19(28)25(14-7-3-2-4-8-14)17(22-23)13-6-5-9-24(12-13)18(27)15-10-21-16(26)11-20-15/h2-4,7-8,10-11,13H,5-6,9,12H2,1H3,(H,21,26)/t13-/m0/s1. The van der Waals surface area contributed by atoms with Gasteiger partial charge in [-0.1, -0.05) is 18.2 Å². The fourth-order valence-electron chi connectivity index (χ4n) is 3.56. The van der Waals surface area contributed by atoms with Gasteiger partial charge in [0.15, 0.2) is 0 Å². The largest absolute Gasteiger partial charge is 0.350 e. The average molecular weight is 380 g/mol. The molecule has 1 saturated heterocycles. The van der Waals surface area contributed by atoms with Gasteiger partial charge in [-0.2, -0.15) is 5.10 Å². The molecule has 9 heteroatoms. The Morgan fingerprint density at radius 2 is 2.00 bits per heavy atom. The molecule has 1 amide bonds. The molecule has 0 unspecified atom stereocenters. The highest BCUT2D eigenvalue weighted by Crippen LogP contribution is 2.27. The van der Waals surface area contributed by atoms with E-state index in [1.165, 1.54) is 10.9 Å². The number of hydrogen-bond acceptors (Lipinski definition) is 5. The van der Waals surface area contributed by atoms with Gasteiger partial charge in [-0.3, -0.25) is 9.59 Å². The monoisotopic (exact) mass is 380 g/mol. The van der Waals surface area contributed by atoms with Crippen LogP contribution in [0.2, 0.25) is 0 Å². The summed E-state index contributed by atoms with van der Waals surface area (Å²) in [6, 6.07) is 9.36. The van der Waals surface area contributed by atoms with Crippen molar-refractivity contribution in [3.8, 4) is 5.69 Å². The first-order valence-corrected chi connectivity index (χ1v) is 9.10. The lowest BCUT2D eigenvalue weighted by atomic mass is 9.96. The molecule has 0 spiro atoms. The molecule has 0 aliphatic carbocycles. The fraction of sp³-hybridized carbons (Fsp3) is 0.316. The van der Waals surface area contributed by atoms with Gasteiger partial charge in [-0.15, -0.1) is 0 Å². The van der Waals surface area contributed by atoms with E-state index in [0.717, 1.165) is 24.7 Å². The molecule has 28 heavy (non-hydrogen) atoms. The minimum absolute atomic E-state index is 0.0745. The van der Waals surface area contributed by atoms with Crippen molar-refractivity contribution in [1.29, 1.82) is 0 Å². The number of nitrogens with one attached hydrogen (secondary N) is 1. The zero-order valence-corrected chi connectivity index (χ0v) is 15.4. The van der Waals surface area contributed by atoms with Crippen LogP contribution in [0.4, 0.5) is 0 Å². The number of para-hydroxylation sites is 1. The van der Waals surface area contributed by atoms with Gasteiger partial charge in [-0.25, -0.2) is 19.0 Å². The van der Waals surface area contributed by atoms with Gasteiger partial charge in [-0.05, 0) is 25.0 Å². The van der Waals surface area contributed by atoms with E-state index in [1.54, 1.807) is 16.5 Å². The molecule has 144 valence electrons. The number of rotatable bonds is 3. The van der Waals surface area contributed by atoms with Crippen LogP contribution in [0.15, 0.2) is 52.3 Å². The molecule has 1 atom stereocenters. The number of carbonyl (C=O) groups is 1. The topological polar surface area (TPSA) is 106 Å². The summed E-state index contributed by atoms with van der Waals surface area (Å²) in [5.74, 6) is 0.325.